The van der Waals surface area contributed by atoms with Crippen molar-refractivity contribution in [3.63, 3.8) is 0 Å². The number of anilines is 1. The van der Waals surface area contributed by atoms with Gasteiger partial charge in [-0.1, -0.05) is 61.5 Å². The van der Waals surface area contributed by atoms with Crippen LogP contribution >= 0.6 is 34.7 Å². The van der Waals surface area contributed by atoms with Gasteiger partial charge in [-0.2, -0.15) is 23.7 Å². The molecule has 2 aromatic carbocycles. The second-order valence-corrected chi connectivity index (χ2v) is 14.6. The third kappa shape index (κ3) is 11.6. The molecule has 4 aromatic rings. The Morgan fingerprint density at radius 2 is 1.63 bits per heavy atom. The van der Waals surface area contributed by atoms with Crippen LogP contribution in [-0.2, 0) is 15.3 Å². The van der Waals surface area contributed by atoms with E-state index in [-0.39, 0.29) is 5.92 Å². The first-order valence-electron chi connectivity index (χ1n) is 16.7. The predicted molar refractivity (Wildman–Crippen MR) is 201 cm³/mol. The number of alkyl halides is 3. The Morgan fingerprint density at radius 1 is 1.02 bits per heavy atom. The number of carboxylic acid groups (broad SMARTS) is 2. The number of hydrogen-bond acceptors (Lipinski definition) is 11. The number of rotatable bonds is 14. The van der Waals surface area contributed by atoms with Crippen LogP contribution in [0.1, 0.15) is 49.9 Å². The molecule has 0 spiro atoms. The van der Waals surface area contributed by atoms with Crippen LogP contribution < -0.4 is 15.0 Å². The van der Waals surface area contributed by atoms with Gasteiger partial charge in [0.1, 0.15) is 52.0 Å². The molecule has 284 valence electrons. The van der Waals surface area contributed by atoms with Crippen LogP contribution in [0.5, 0.6) is 5.75 Å². The maximum atomic E-state index is 11.5. The van der Waals surface area contributed by atoms with Crippen LogP contribution in [0.15, 0.2) is 58.9 Å². The molecular formula is C37H36ClF3N6O5S2. The van der Waals surface area contributed by atoms with Gasteiger partial charge in [0, 0.05) is 46.9 Å². The zero-order chi connectivity index (χ0) is 39.4. The van der Waals surface area contributed by atoms with Gasteiger partial charge < -0.3 is 25.2 Å². The summed E-state index contributed by atoms with van der Waals surface area (Å²) in [7, 11) is 0. The Morgan fingerprint density at radius 3 is 2.19 bits per heavy atom. The van der Waals surface area contributed by atoms with Crippen molar-refractivity contribution in [3.05, 3.63) is 75.8 Å². The molecule has 1 fully saturated rings. The predicted octanol–water partition coefficient (Wildman–Crippen LogP) is 8.26. The zero-order valence-electron chi connectivity index (χ0n) is 29.2. The van der Waals surface area contributed by atoms with Gasteiger partial charge in [-0.25, -0.2) is 14.8 Å². The molecule has 0 radical (unpaired) electrons. The van der Waals surface area contributed by atoms with Crippen molar-refractivity contribution in [2.75, 3.05) is 31.1 Å². The minimum atomic E-state index is -5.08. The summed E-state index contributed by atoms with van der Waals surface area (Å²) in [6.07, 6.45) is -2.52. The van der Waals surface area contributed by atoms with E-state index in [0.717, 1.165) is 47.8 Å². The summed E-state index contributed by atoms with van der Waals surface area (Å²) >= 11 is 9.04. The summed E-state index contributed by atoms with van der Waals surface area (Å²) in [6, 6.07) is 18.9. The molecule has 1 saturated heterocycles. The second kappa shape index (κ2) is 19.5. The van der Waals surface area contributed by atoms with Crippen LogP contribution in [0.4, 0.5) is 19.0 Å². The van der Waals surface area contributed by atoms with E-state index in [2.05, 4.69) is 22.4 Å². The Balaban J connectivity index is 0.000000845. The number of pyridine rings is 1. The maximum absolute atomic E-state index is 11.5. The van der Waals surface area contributed by atoms with Crippen LogP contribution in [-0.4, -0.2) is 70.6 Å². The van der Waals surface area contributed by atoms with Gasteiger partial charge in [0.2, 0.25) is 0 Å². The normalized spacial score (nSPS) is 13.1. The molecule has 0 aliphatic carbocycles. The monoisotopic (exact) mass is 800 g/mol. The number of thioether (sulfide) groups is 1. The quantitative estimate of drug-likeness (QED) is 0.0825. The fraction of sp³-hybridized carbons (Fsp3) is 0.351. The minimum Gasteiger partial charge on any atom is -0.492 e. The Kier molecular flexibility index (Phi) is 15.1. The third-order valence-electron chi connectivity index (χ3n) is 7.93. The summed E-state index contributed by atoms with van der Waals surface area (Å²) < 4.78 is 37.6. The number of nitrogens with one attached hydrogen (secondary N) is 1. The molecule has 1 atom stereocenters. The fourth-order valence-corrected chi connectivity index (χ4v) is 7.35. The highest BCUT2D eigenvalue weighted by Crippen LogP contribution is 2.40. The van der Waals surface area contributed by atoms with Crippen molar-refractivity contribution >= 4 is 52.5 Å². The van der Waals surface area contributed by atoms with Crippen molar-refractivity contribution in [2.24, 2.45) is 5.92 Å². The highest BCUT2D eigenvalue weighted by molar-refractivity contribution is 7.98. The zero-order valence-corrected chi connectivity index (χ0v) is 31.6. The molecule has 0 amide bonds. The highest BCUT2D eigenvalue weighted by Gasteiger charge is 2.38. The minimum absolute atomic E-state index is 0.257. The number of aliphatic carboxylic acids is 2. The largest absolute Gasteiger partial charge is 0.492 e. The lowest BCUT2D eigenvalue weighted by atomic mass is 9.96. The fourth-order valence-electron chi connectivity index (χ4n) is 5.42. The van der Waals surface area contributed by atoms with Crippen LogP contribution in [0, 0.1) is 28.6 Å². The smallest absolute Gasteiger partial charge is 0.490 e. The average Bonchev–Trinajstić information content (AvgIpc) is 3.85. The van der Waals surface area contributed by atoms with Gasteiger partial charge in [0.25, 0.3) is 0 Å². The standard InChI is InChI=1S/C35H35ClN6O3S2.C2HF3O2/c1-22(2)17-30(35(43)44)39-13-16-45-27-11-7-23(8-12-27)31-28(18-37)32(42-14-3-4-15-42)41-34(29(31)19-38)47-21-26-20-46-33(40-26)24-5-9-25(36)10-6-24;3-2(4,5)1(6)7/h5-12,20,22,30,39H,3-4,13-17,21H2,1-2H3,(H,43,44);(H,6,7)/t30-;/m0./s1. The molecule has 17 heteroatoms. The number of carbonyl (C=O) groups is 2. The van der Waals surface area contributed by atoms with Crippen LogP contribution in [0.2, 0.25) is 5.02 Å². The lowest BCUT2D eigenvalue weighted by Gasteiger charge is -2.22. The molecular weight excluding hydrogens is 765 g/mol. The number of halogens is 4. The van der Waals surface area contributed by atoms with Crippen molar-refractivity contribution in [1.82, 2.24) is 15.3 Å². The van der Waals surface area contributed by atoms with Crippen molar-refractivity contribution in [1.29, 1.82) is 10.5 Å². The number of hydrogen-bond donors (Lipinski definition) is 3. The first kappa shape index (κ1) is 41.9. The van der Waals surface area contributed by atoms with Crippen LogP contribution in [0.25, 0.3) is 21.7 Å². The number of ether oxygens (including phenoxy) is 1. The maximum Gasteiger partial charge on any atom is 0.490 e. The van der Waals surface area contributed by atoms with E-state index >= 15 is 0 Å². The lowest BCUT2D eigenvalue weighted by molar-refractivity contribution is -0.192. The Hall–Kier alpha value is -4.87. The summed E-state index contributed by atoms with van der Waals surface area (Å²) in [4.78, 5) is 32.3. The van der Waals surface area contributed by atoms with E-state index in [4.69, 9.17) is 36.2 Å². The lowest BCUT2D eigenvalue weighted by Crippen LogP contribution is -2.39. The summed E-state index contributed by atoms with van der Waals surface area (Å²) in [5, 5.41) is 44.5. The Labute approximate surface area is 323 Å². The summed E-state index contributed by atoms with van der Waals surface area (Å²) in [6.45, 7) is 6.25. The van der Waals surface area contributed by atoms with E-state index in [1.807, 2.05) is 55.6 Å². The van der Waals surface area contributed by atoms with E-state index in [0.29, 0.717) is 63.6 Å². The van der Waals surface area contributed by atoms with Gasteiger partial charge in [0.05, 0.1) is 11.3 Å². The SMILES string of the molecule is CC(C)C[C@H](NCCOc1ccc(-c2c(C#N)c(SCc3csc(-c4ccc(Cl)cc4)n3)nc(N3CCCC3)c2C#N)cc1)C(=O)O.O=C(O)C(F)(F)F. The number of nitrogens with zero attached hydrogens (tertiary/aromatic N) is 5. The second-order valence-electron chi connectivity index (χ2n) is 12.4. The summed E-state index contributed by atoms with van der Waals surface area (Å²) in [5.74, 6) is -1.66. The van der Waals surface area contributed by atoms with Gasteiger partial charge in [-0.05, 0) is 55.0 Å². The molecule has 11 nitrogen and oxygen atoms in total. The van der Waals surface area contributed by atoms with Crippen LogP contribution in [0.3, 0.4) is 0 Å². The molecule has 2 aromatic heterocycles. The van der Waals surface area contributed by atoms with E-state index < -0.39 is 24.2 Å². The number of benzene rings is 2. The number of aromatic nitrogens is 2. The summed E-state index contributed by atoms with van der Waals surface area (Å²) in [5.41, 5.74) is 3.87. The first-order chi connectivity index (χ1) is 25.7. The molecule has 3 heterocycles. The van der Waals surface area contributed by atoms with E-state index in [1.54, 1.807) is 23.5 Å². The average molecular weight is 801 g/mol. The van der Waals surface area contributed by atoms with Gasteiger partial charge in [-0.3, -0.25) is 4.79 Å². The molecule has 1 aliphatic heterocycles. The topological polar surface area (TPSA) is 172 Å². The van der Waals surface area contributed by atoms with Crippen molar-refractivity contribution < 1.29 is 37.7 Å². The molecule has 0 unspecified atom stereocenters. The molecule has 5 rings (SSSR count). The third-order valence-corrected chi connectivity index (χ3v) is 10.1. The molecule has 0 saturated carbocycles. The van der Waals surface area contributed by atoms with Gasteiger partial charge in [0.15, 0.2) is 0 Å². The van der Waals surface area contributed by atoms with E-state index in [9.17, 15) is 33.6 Å². The molecule has 0 bridgehead atoms. The highest BCUT2D eigenvalue weighted by atomic mass is 35.5. The van der Waals surface area contributed by atoms with Crippen molar-refractivity contribution in [3.8, 4) is 39.6 Å². The van der Waals surface area contributed by atoms with E-state index in [1.165, 1.54) is 11.8 Å². The molecule has 54 heavy (non-hydrogen) atoms. The number of nitriles is 2. The first-order valence-corrected chi connectivity index (χ1v) is 18.9. The number of carboxylic acids is 2. The van der Waals surface area contributed by atoms with Gasteiger partial charge >= 0.3 is 18.1 Å². The number of thiazole rings is 1. The van der Waals surface area contributed by atoms with Gasteiger partial charge in [-0.15, -0.1) is 11.3 Å². The van der Waals surface area contributed by atoms with Crippen molar-refractivity contribution in [2.45, 2.75) is 56.1 Å². The Bertz CT molecular complexity index is 1990. The molecule has 1 aliphatic rings. The molecule has 3 N–H and O–H groups in total.